The molecule has 2 amide bonds. The fourth-order valence-electron chi connectivity index (χ4n) is 2.28. The lowest BCUT2D eigenvalue weighted by Gasteiger charge is -2.23. The van der Waals surface area contributed by atoms with E-state index in [2.05, 4.69) is 15.5 Å². The second-order valence-electron chi connectivity index (χ2n) is 4.96. The molecule has 1 N–H and O–H groups in total. The van der Waals surface area contributed by atoms with Crippen molar-refractivity contribution in [3.63, 3.8) is 0 Å². The van der Waals surface area contributed by atoms with E-state index in [4.69, 9.17) is 4.52 Å². The van der Waals surface area contributed by atoms with E-state index in [1.54, 1.807) is 11.8 Å². The first-order valence-corrected chi connectivity index (χ1v) is 6.97. The molecule has 1 atom stereocenters. The smallest absolute Gasteiger partial charge is 0.245 e. The first-order chi connectivity index (χ1) is 9.60. The molecule has 1 aliphatic heterocycles. The van der Waals surface area contributed by atoms with E-state index in [0.29, 0.717) is 44.1 Å². The molecule has 110 valence electrons. The number of amides is 2. The maximum atomic E-state index is 12.4. The summed E-state index contributed by atoms with van der Waals surface area (Å²) < 4.78 is 4.90. The normalized spacial score (nSPS) is 19.9. The summed E-state index contributed by atoms with van der Waals surface area (Å²) in [5.41, 5.74) is 0. The molecule has 0 aromatic carbocycles. The van der Waals surface area contributed by atoms with Crippen LogP contribution >= 0.6 is 0 Å². The lowest BCUT2D eigenvalue weighted by Crippen LogP contribution is -2.45. The Morgan fingerprint density at radius 3 is 2.90 bits per heavy atom. The van der Waals surface area contributed by atoms with Crippen molar-refractivity contribution in [2.75, 3.05) is 13.1 Å². The maximum Gasteiger partial charge on any atom is 0.245 e. The zero-order chi connectivity index (χ0) is 14.5. The molecule has 0 bridgehead atoms. The van der Waals surface area contributed by atoms with Crippen LogP contribution in [-0.4, -0.2) is 46.0 Å². The number of aromatic nitrogens is 2. The van der Waals surface area contributed by atoms with Gasteiger partial charge in [-0.3, -0.25) is 9.59 Å². The van der Waals surface area contributed by atoms with Crippen LogP contribution in [0.15, 0.2) is 4.52 Å². The van der Waals surface area contributed by atoms with E-state index in [0.717, 1.165) is 6.42 Å². The third-order valence-corrected chi connectivity index (χ3v) is 3.31. The Kier molecular flexibility index (Phi) is 4.70. The van der Waals surface area contributed by atoms with Crippen molar-refractivity contribution in [2.24, 2.45) is 0 Å². The summed E-state index contributed by atoms with van der Waals surface area (Å²) in [5.74, 6) is 1.03. The minimum absolute atomic E-state index is 0.0158. The highest BCUT2D eigenvalue weighted by Crippen LogP contribution is 2.09. The standard InChI is InChI=1S/C13H20N4O3/c1-3-4-10-13(19)17(8-6-12(18)15-10)7-5-11-14-9(2)20-16-11/h10H,3-8H2,1-2H3,(H,15,18). The molecule has 0 saturated carbocycles. The zero-order valence-corrected chi connectivity index (χ0v) is 11.9. The van der Waals surface area contributed by atoms with Crippen LogP contribution in [0, 0.1) is 6.92 Å². The molecule has 0 aliphatic carbocycles. The number of rotatable bonds is 5. The number of hydrogen-bond donors (Lipinski definition) is 1. The van der Waals surface area contributed by atoms with Crippen LogP contribution < -0.4 is 5.32 Å². The summed E-state index contributed by atoms with van der Waals surface area (Å²) >= 11 is 0. The molecule has 2 rings (SSSR count). The summed E-state index contributed by atoms with van der Waals surface area (Å²) in [6, 6.07) is -0.401. The molecule has 1 aliphatic rings. The number of carbonyl (C=O) groups is 2. The summed E-state index contributed by atoms with van der Waals surface area (Å²) in [5, 5.41) is 6.59. The van der Waals surface area contributed by atoms with Crippen molar-refractivity contribution in [3.05, 3.63) is 11.7 Å². The molecule has 7 heteroatoms. The second-order valence-corrected chi connectivity index (χ2v) is 4.96. The van der Waals surface area contributed by atoms with Gasteiger partial charge in [0.05, 0.1) is 0 Å². The first kappa shape index (κ1) is 14.5. The predicted octanol–water partition coefficient (Wildman–Crippen LogP) is 0.438. The molecule has 1 unspecified atom stereocenters. The number of carbonyl (C=O) groups excluding carboxylic acids is 2. The van der Waals surface area contributed by atoms with Crippen molar-refractivity contribution in [3.8, 4) is 0 Å². The average molecular weight is 280 g/mol. The van der Waals surface area contributed by atoms with Gasteiger partial charge in [0.1, 0.15) is 6.04 Å². The van der Waals surface area contributed by atoms with Crippen molar-refractivity contribution in [1.82, 2.24) is 20.4 Å². The molecular weight excluding hydrogens is 260 g/mol. The Balaban J connectivity index is 1.97. The van der Waals surface area contributed by atoms with Gasteiger partial charge in [-0.25, -0.2) is 0 Å². The monoisotopic (exact) mass is 280 g/mol. The minimum atomic E-state index is -0.401. The van der Waals surface area contributed by atoms with Gasteiger partial charge < -0.3 is 14.7 Å². The van der Waals surface area contributed by atoms with E-state index in [1.807, 2.05) is 6.92 Å². The number of aryl methyl sites for hydroxylation is 1. The third kappa shape index (κ3) is 3.55. The van der Waals surface area contributed by atoms with Gasteiger partial charge in [0, 0.05) is 32.9 Å². The van der Waals surface area contributed by atoms with E-state index >= 15 is 0 Å². The van der Waals surface area contributed by atoms with Crippen molar-refractivity contribution >= 4 is 11.8 Å². The lowest BCUT2D eigenvalue weighted by atomic mass is 10.1. The summed E-state index contributed by atoms with van der Waals surface area (Å²) in [4.78, 5) is 29.8. The highest BCUT2D eigenvalue weighted by Gasteiger charge is 2.28. The van der Waals surface area contributed by atoms with E-state index in [9.17, 15) is 9.59 Å². The Labute approximate surface area is 117 Å². The third-order valence-electron chi connectivity index (χ3n) is 3.31. The van der Waals surface area contributed by atoms with Crippen molar-refractivity contribution in [2.45, 2.75) is 45.6 Å². The Hall–Kier alpha value is -1.92. The SMILES string of the molecule is CCCC1NC(=O)CCN(CCc2noc(C)n2)C1=O. The highest BCUT2D eigenvalue weighted by molar-refractivity contribution is 5.89. The minimum Gasteiger partial charge on any atom is -0.344 e. The Bertz CT molecular complexity index is 486. The average Bonchev–Trinajstić information content (AvgIpc) is 2.77. The number of nitrogens with one attached hydrogen (secondary N) is 1. The van der Waals surface area contributed by atoms with Crippen LogP contribution in [0.1, 0.15) is 37.9 Å². The van der Waals surface area contributed by atoms with E-state index in [1.165, 1.54) is 0 Å². The molecule has 1 aromatic heterocycles. The topological polar surface area (TPSA) is 88.3 Å². The van der Waals surface area contributed by atoms with Gasteiger partial charge >= 0.3 is 0 Å². The molecule has 20 heavy (non-hydrogen) atoms. The van der Waals surface area contributed by atoms with Gasteiger partial charge in [-0.1, -0.05) is 18.5 Å². The van der Waals surface area contributed by atoms with E-state index in [-0.39, 0.29) is 11.8 Å². The lowest BCUT2D eigenvalue weighted by molar-refractivity contribution is -0.133. The number of hydrogen-bond acceptors (Lipinski definition) is 5. The Morgan fingerprint density at radius 1 is 1.45 bits per heavy atom. The van der Waals surface area contributed by atoms with Gasteiger partial charge in [-0.2, -0.15) is 4.98 Å². The quantitative estimate of drug-likeness (QED) is 0.845. The molecule has 1 fully saturated rings. The van der Waals surface area contributed by atoms with Gasteiger partial charge in [0.25, 0.3) is 0 Å². The molecule has 7 nitrogen and oxygen atoms in total. The predicted molar refractivity (Wildman–Crippen MR) is 70.8 cm³/mol. The number of nitrogens with zero attached hydrogens (tertiary/aromatic N) is 3. The molecule has 1 saturated heterocycles. The van der Waals surface area contributed by atoms with Crippen LogP contribution in [-0.2, 0) is 16.0 Å². The van der Waals surface area contributed by atoms with Crippen LogP contribution in [0.3, 0.4) is 0 Å². The molecule has 0 spiro atoms. The maximum absolute atomic E-state index is 12.4. The molecule has 2 heterocycles. The van der Waals surface area contributed by atoms with Gasteiger partial charge in [0.15, 0.2) is 5.82 Å². The van der Waals surface area contributed by atoms with Crippen molar-refractivity contribution in [1.29, 1.82) is 0 Å². The van der Waals surface area contributed by atoms with Crippen LogP contribution in [0.25, 0.3) is 0 Å². The highest BCUT2D eigenvalue weighted by atomic mass is 16.5. The van der Waals surface area contributed by atoms with E-state index < -0.39 is 6.04 Å². The first-order valence-electron chi connectivity index (χ1n) is 6.97. The molecule has 1 aromatic rings. The van der Waals surface area contributed by atoms with Gasteiger partial charge in [-0.05, 0) is 6.42 Å². The van der Waals surface area contributed by atoms with Gasteiger partial charge in [-0.15, -0.1) is 0 Å². The summed E-state index contributed by atoms with van der Waals surface area (Å²) in [7, 11) is 0. The van der Waals surface area contributed by atoms with Crippen molar-refractivity contribution < 1.29 is 14.1 Å². The van der Waals surface area contributed by atoms with Crippen LogP contribution in [0.4, 0.5) is 0 Å². The van der Waals surface area contributed by atoms with Gasteiger partial charge in [0.2, 0.25) is 17.7 Å². The summed E-state index contributed by atoms with van der Waals surface area (Å²) in [6.07, 6.45) is 2.41. The Morgan fingerprint density at radius 2 is 2.25 bits per heavy atom. The fraction of sp³-hybridized carbons (Fsp3) is 0.692. The zero-order valence-electron chi connectivity index (χ0n) is 11.9. The van der Waals surface area contributed by atoms with Crippen LogP contribution in [0.2, 0.25) is 0 Å². The van der Waals surface area contributed by atoms with Crippen LogP contribution in [0.5, 0.6) is 0 Å². The fourth-order valence-corrected chi connectivity index (χ4v) is 2.28. The summed E-state index contributed by atoms with van der Waals surface area (Å²) in [6.45, 7) is 4.68. The second kappa shape index (κ2) is 6.49. The molecular formula is C13H20N4O3. The molecule has 0 radical (unpaired) electrons. The largest absolute Gasteiger partial charge is 0.344 e.